The summed E-state index contributed by atoms with van der Waals surface area (Å²) in [4.78, 5) is 13.2. The number of amides is 1. The maximum atomic E-state index is 11.4. The van der Waals surface area contributed by atoms with E-state index in [0.29, 0.717) is 29.7 Å². The normalized spacial score (nSPS) is 17.6. The molecule has 6 nitrogen and oxygen atoms in total. The highest BCUT2D eigenvalue weighted by atomic mass is 35.5. The zero-order chi connectivity index (χ0) is 16.6. The fourth-order valence-corrected chi connectivity index (χ4v) is 2.99. The van der Waals surface area contributed by atoms with Gasteiger partial charge in [-0.1, -0.05) is 11.6 Å². The Morgan fingerprint density at radius 1 is 1.30 bits per heavy atom. The van der Waals surface area contributed by atoms with Crippen molar-refractivity contribution in [3.05, 3.63) is 23.0 Å². The molecule has 0 N–H and O–H groups in total. The third-order valence-corrected chi connectivity index (χ3v) is 4.37. The van der Waals surface area contributed by atoms with Gasteiger partial charge in [0.15, 0.2) is 16.7 Å². The average molecular weight is 336 g/mol. The first-order valence-corrected chi connectivity index (χ1v) is 7.80. The molecule has 1 aliphatic heterocycles. The van der Waals surface area contributed by atoms with Gasteiger partial charge in [-0.3, -0.25) is 4.79 Å². The molecule has 1 atom stereocenters. The van der Waals surface area contributed by atoms with Crippen molar-refractivity contribution in [1.29, 1.82) is 0 Å². The van der Waals surface area contributed by atoms with E-state index < -0.39 is 0 Å². The Morgan fingerprint density at radius 2 is 2.04 bits per heavy atom. The highest BCUT2D eigenvalue weighted by Crippen LogP contribution is 2.36. The van der Waals surface area contributed by atoms with Crippen molar-refractivity contribution in [3.8, 4) is 11.5 Å². The molecule has 0 aliphatic carbocycles. The van der Waals surface area contributed by atoms with Crippen molar-refractivity contribution in [1.82, 2.24) is 15.1 Å². The quantitative estimate of drug-likeness (QED) is 0.862. The molecule has 3 rings (SSSR count). The maximum Gasteiger partial charge on any atom is 0.219 e. The number of carbonyl (C=O) groups is 1. The molecule has 122 valence electrons. The molecule has 0 unspecified atom stereocenters. The summed E-state index contributed by atoms with van der Waals surface area (Å²) in [5.41, 5.74) is 0.776. The van der Waals surface area contributed by atoms with Crippen LogP contribution in [0.2, 0.25) is 5.15 Å². The van der Waals surface area contributed by atoms with E-state index >= 15 is 0 Å². The van der Waals surface area contributed by atoms with Crippen LogP contribution in [0.3, 0.4) is 0 Å². The van der Waals surface area contributed by atoms with E-state index in [-0.39, 0.29) is 12.0 Å². The predicted octanol–water partition coefficient (Wildman–Crippen LogP) is 2.60. The number of methoxy groups -OCH3 is 1. The molecule has 1 saturated heterocycles. The van der Waals surface area contributed by atoms with E-state index in [9.17, 15) is 4.79 Å². The van der Waals surface area contributed by atoms with E-state index in [1.54, 1.807) is 18.9 Å². The lowest BCUT2D eigenvalue weighted by Gasteiger charge is -2.18. The molecule has 7 heteroatoms. The zero-order valence-corrected chi connectivity index (χ0v) is 14.1. The number of rotatable bonds is 3. The van der Waals surface area contributed by atoms with Gasteiger partial charge in [0.1, 0.15) is 6.10 Å². The second-order valence-corrected chi connectivity index (χ2v) is 5.98. The molecule has 2 aromatic rings. The van der Waals surface area contributed by atoms with Crippen LogP contribution in [0.1, 0.15) is 19.0 Å². The maximum absolute atomic E-state index is 11.4. The van der Waals surface area contributed by atoms with Crippen LogP contribution in [0.15, 0.2) is 12.1 Å². The zero-order valence-electron chi connectivity index (χ0n) is 13.3. The van der Waals surface area contributed by atoms with Crippen LogP contribution in [-0.4, -0.2) is 47.3 Å². The smallest absolute Gasteiger partial charge is 0.219 e. The Morgan fingerprint density at radius 3 is 2.70 bits per heavy atom. The molecule has 1 aromatic heterocycles. The van der Waals surface area contributed by atoms with E-state index in [2.05, 4.69) is 10.2 Å². The van der Waals surface area contributed by atoms with Crippen molar-refractivity contribution >= 4 is 28.3 Å². The fraction of sp³-hybridized carbons (Fsp3) is 0.438. The molecular weight excluding hydrogens is 318 g/mol. The summed E-state index contributed by atoms with van der Waals surface area (Å²) in [7, 11) is 1.59. The monoisotopic (exact) mass is 335 g/mol. The topological polar surface area (TPSA) is 64.6 Å². The second kappa shape index (κ2) is 6.20. The summed E-state index contributed by atoms with van der Waals surface area (Å²) in [6.07, 6.45) is 0.738. The molecule has 1 amide bonds. The summed E-state index contributed by atoms with van der Waals surface area (Å²) in [5, 5.41) is 9.94. The molecule has 0 radical (unpaired) electrons. The van der Waals surface area contributed by atoms with Crippen LogP contribution in [0.4, 0.5) is 0 Å². The van der Waals surface area contributed by atoms with Gasteiger partial charge in [-0.2, -0.15) is 5.10 Å². The van der Waals surface area contributed by atoms with E-state index in [4.69, 9.17) is 21.1 Å². The molecule has 23 heavy (non-hydrogen) atoms. The Balaban J connectivity index is 1.94. The van der Waals surface area contributed by atoms with E-state index in [1.807, 2.05) is 19.1 Å². The number of likely N-dealkylation sites (tertiary alicyclic amines) is 1. The molecule has 1 aromatic carbocycles. The van der Waals surface area contributed by atoms with Gasteiger partial charge in [0.2, 0.25) is 5.91 Å². The van der Waals surface area contributed by atoms with E-state index in [1.165, 1.54) is 0 Å². The Kier molecular flexibility index (Phi) is 4.26. The third kappa shape index (κ3) is 3.03. The summed E-state index contributed by atoms with van der Waals surface area (Å²) >= 11 is 6.16. The SMILES string of the molecule is COc1cc2c(C)nnc(Cl)c2cc1O[C@H]1CCN(C(C)=O)C1. The first-order chi connectivity index (χ1) is 11.0. The molecule has 1 aliphatic rings. The Hall–Kier alpha value is -2.08. The number of ether oxygens (including phenoxy) is 2. The lowest BCUT2D eigenvalue weighted by molar-refractivity contribution is -0.128. The van der Waals surface area contributed by atoms with Crippen LogP contribution >= 0.6 is 11.6 Å². The van der Waals surface area contributed by atoms with Gasteiger partial charge in [-0.05, 0) is 19.1 Å². The lowest BCUT2D eigenvalue weighted by Crippen LogP contribution is -2.28. The summed E-state index contributed by atoms with van der Waals surface area (Å²) in [6.45, 7) is 4.73. The number of carbonyl (C=O) groups excluding carboxylic acids is 1. The van der Waals surface area contributed by atoms with Gasteiger partial charge in [-0.25, -0.2) is 0 Å². The Bertz CT molecular complexity index is 766. The van der Waals surface area contributed by atoms with Crippen LogP contribution in [0, 0.1) is 6.92 Å². The fourth-order valence-electron chi connectivity index (χ4n) is 2.80. The summed E-state index contributed by atoms with van der Waals surface area (Å²) in [6, 6.07) is 3.69. The van der Waals surface area contributed by atoms with Gasteiger partial charge in [0.25, 0.3) is 0 Å². The molecule has 1 fully saturated rings. The minimum Gasteiger partial charge on any atom is -0.493 e. The molecule has 2 heterocycles. The van der Waals surface area contributed by atoms with Crippen LogP contribution < -0.4 is 9.47 Å². The van der Waals surface area contributed by atoms with Crippen molar-refractivity contribution in [2.45, 2.75) is 26.4 Å². The highest BCUT2D eigenvalue weighted by molar-refractivity contribution is 6.34. The number of halogens is 1. The van der Waals surface area contributed by atoms with Gasteiger partial charge in [0.05, 0.1) is 19.3 Å². The van der Waals surface area contributed by atoms with E-state index in [0.717, 1.165) is 22.9 Å². The second-order valence-electron chi connectivity index (χ2n) is 5.62. The number of aryl methyl sites for hydroxylation is 1. The van der Waals surface area contributed by atoms with Crippen molar-refractivity contribution in [2.75, 3.05) is 20.2 Å². The third-order valence-electron chi connectivity index (χ3n) is 4.09. The molecular formula is C16H18ClN3O3. The number of aromatic nitrogens is 2. The number of nitrogens with zero attached hydrogens (tertiary/aromatic N) is 3. The molecule has 0 saturated carbocycles. The van der Waals surface area contributed by atoms with Crippen molar-refractivity contribution in [3.63, 3.8) is 0 Å². The summed E-state index contributed by atoms with van der Waals surface area (Å²) < 4.78 is 11.5. The van der Waals surface area contributed by atoms with Crippen LogP contribution in [0.25, 0.3) is 10.8 Å². The standard InChI is InChI=1S/C16H18ClN3O3/c1-9-12-6-14(22-3)15(7-13(12)16(17)19-18-9)23-11-4-5-20(8-11)10(2)21/h6-7,11H,4-5,8H2,1-3H3/t11-/m0/s1. The summed E-state index contributed by atoms with van der Waals surface area (Å²) in [5.74, 6) is 1.28. The van der Waals surface area contributed by atoms with Gasteiger partial charge in [0, 0.05) is 30.7 Å². The van der Waals surface area contributed by atoms with Gasteiger partial charge in [-0.15, -0.1) is 5.10 Å². The largest absolute Gasteiger partial charge is 0.493 e. The van der Waals surface area contributed by atoms with Crippen molar-refractivity contribution in [2.24, 2.45) is 0 Å². The first kappa shape index (κ1) is 15.8. The minimum absolute atomic E-state index is 0.0556. The number of benzene rings is 1. The van der Waals surface area contributed by atoms with Crippen LogP contribution in [-0.2, 0) is 4.79 Å². The van der Waals surface area contributed by atoms with Crippen LogP contribution in [0.5, 0.6) is 11.5 Å². The Labute approximate surface area is 139 Å². The molecule has 0 bridgehead atoms. The number of fused-ring (bicyclic) bond motifs is 1. The average Bonchev–Trinajstić information content (AvgIpc) is 2.99. The van der Waals surface area contributed by atoms with Crippen molar-refractivity contribution < 1.29 is 14.3 Å². The molecule has 0 spiro atoms. The van der Waals surface area contributed by atoms with Gasteiger partial charge < -0.3 is 14.4 Å². The predicted molar refractivity (Wildman–Crippen MR) is 87.1 cm³/mol. The lowest BCUT2D eigenvalue weighted by atomic mass is 10.1. The number of hydrogen-bond donors (Lipinski definition) is 0. The minimum atomic E-state index is -0.0556. The highest BCUT2D eigenvalue weighted by Gasteiger charge is 2.26. The van der Waals surface area contributed by atoms with Gasteiger partial charge >= 0.3 is 0 Å². The number of hydrogen-bond acceptors (Lipinski definition) is 5. The first-order valence-electron chi connectivity index (χ1n) is 7.42.